The third-order valence-electron chi connectivity index (χ3n) is 4.76. The Kier molecular flexibility index (Phi) is 7.29. The Labute approximate surface area is 150 Å². The molecule has 0 aromatic carbocycles. The van der Waals surface area contributed by atoms with Crippen LogP contribution in [0.2, 0.25) is 0 Å². The quantitative estimate of drug-likeness (QED) is 0.735. The molecule has 5 heteroatoms. The smallest absolute Gasteiger partial charge is 0.309 e. The van der Waals surface area contributed by atoms with Crippen LogP contribution in [0.5, 0.6) is 0 Å². The number of cyclic esters (lactones) is 1. The number of esters is 1. The standard InChI is InChI=1S/C20H30O5/c1-7-17-20(6,24)9-8-16(21)12(2)10-13(3)18(22)14(4)11-15(5)19(23)25-17/h8-10,12,14-15,17,24H,7,11H2,1-6H3/b9-8+,13-10+/t12-,14-,15+,17-,20-/m0/s1. The van der Waals surface area contributed by atoms with Gasteiger partial charge in [-0.2, -0.15) is 0 Å². The number of aliphatic hydroxyl groups is 1. The van der Waals surface area contributed by atoms with Crippen LogP contribution in [-0.4, -0.2) is 34.3 Å². The van der Waals surface area contributed by atoms with E-state index in [4.69, 9.17) is 4.74 Å². The maximum Gasteiger partial charge on any atom is 0.309 e. The number of rotatable bonds is 1. The molecule has 0 unspecified atom stereocenters. The molecule has 25 heavy (non-hydrogen) atoms. The molecule has 0 saturated heterocycles. The van der Waals surface area contributed by atoms with Gasteiger partial charge in [-0.1, -0.05) is 33.8 Å². The van der Waals surface area contributed by atoms with Crippen molar-refractivity contribution in [3.8, 4) is 0 Å². The van der Waals surface area contributed by atoms with Crippen LogP contribution >= 0.6 is 0 Å². The van der Waals surface area contributed by atoms with E-state index < -0.39 is 29.5 Å². The summed E-state index contributed by atoms with van der Waals surface area (Å²) in [5, 5.41) is 10.6. The van der Waals surface area contributed by atoms with Crippen molar-refractivity contribution in [2.24, 2.45) is 17.8 Å². The molecule has 140 valence electrons. The van der Waals surface area contributed by atoms with Crippen molar-refractivity contribution in [1.82, 2.24) is 0 Å². The van der Waals surface area contributed by atoms with E-state index in [-0.39, 0.29) is 17.5 Å². The van der Waals surface area contributed by atoms with E-state index in [1.807, 2.05) is 0 Å². The molecule has 1 aliphatic rings. The predicted octanol–water partition coefficient (Wildman–Crippen LogP) is 3.01. The second-order valence-corrected chi connectivity index (χ2v) is 7.34. The number of allylic oxidation sites excluding steroid dienone is 3. The second-order valence-electron chi connectivity index (χ2n) is 7.34. The third kappa shape index (κ3) is 5.63. The molecule has 1 aliphatic heterocycles. The Morgan fingerprint density at radius 2 is 1.80 bits per heavy atom. The molecule has 0 amide bonds. The number of Topliss-reactive ketones (excluding diaryl/α,β-unsaturated/α-hetero) is 1. The molecule has 1 heterocycles. The Morgan fingerprint density at radius 1 is 1.20 bits per heavy atom. The van der Waals surface area contributed by atoms with Crippen molar-refractivity contribution in [1.29, 1.82) is 0 Å². The predicted molar refractivity (Wildman–Crippen MR) is 95.8 cm³/mol. The van der Waals surface area contributed by atoms with Gasteiger partial charge in [0.1, 0.15) is 11.7 Å². The van der Waals surface area contributed by atoms with Crippen molar-refractivity contribution in [2.45, 2.75) is 66.1 Å². The van der Waals surface area contributed by atoms with E-state index in [0.717, 1.165) is 0 Å². The Balaban J connectivity index is 3.27. The first kappa shape index (κ1) is 21.3. The monoisotopic (exact) mass is 350 g/mol. The van der Waals surface area contributed by atoms with Crippen molar-refractivity contribution in [3.63, 3.8) is 0 Å². The van der Waals surface area contributed by atoms with Crippen LogP contribution in [0.3, 0.4) is 0 Å². The van der Waals surface area contributed by atoms with E-state index in [2.05, 4.69) is 0 Å². The second kappa shape index (κ2) is 8.56. The highest BCUT2D eigenvalue weighted by Crippen LogP contribution is 2.24. The number of ketones is 2. The Morgan fingerprint density at radius 3 is 2.36 bits per heavy atom. The zero-order valence-corrected chi connectivity index (χ0v) is 16.0. The molecular weight excluding hydrogens is 320 g/mol. The lowest BCUT2D eigenvalue weighted by atomic mass is 9.88. The normalized spacial score (nSPS) is 39.2. The molecule has 0 aliphatic carbocycles. The SMILES string of the molecule is CC[C@@H]1OC(=O)[C@H](C)C[C@H](C)C(=O)/C(C)=C/[C@H](C)C(=O)/C=C/[C@]1(C)O. The van der Waals surface area contributed by atoms with Gasteiger partial charge in [-0.15, -0.1) is 0 Å². The van der Waals surface area contributed by atoms with Crippen LogP contribution in [-0.2, 0) is 19.1 Å². The number of ether oxygens (including phenoxy) is 1. The van der Waals surface area contributed by atoms with Crippen molar-refractivity contribution in [2.75, 3.05) is 0 Å². The first-order valence-corrected chi connectivity index (χ1v) is 8.88. The highest BCUT2D eigenvalue weighted by Gasteiger charge is 2.34. The molecule has 5 atom stereocenters. The summed E-state index contributed by atoms with van der Waals surface area (Å²) in [5.41, 5.74) is -0.929. The Bertz CT molecular complexity index is 585. The summed E-state index contributed by atoms with van der Waals surface area (Å²) in [4.78, 5) is 37.0. The van der Waals surface area contributed by atoms with E-state index >= 15 is 0 Å². The average molecular weight is 350 g/mol. The van der Waals surface area contributed by atoms with E-state index in [1.54, 1.807) is 40.7 Å². The topological polar surface area (TPSA) is 80.7 Å². The van der Waals surface area contributed by atoms with Gasteiger partial charge >= 0.3 is 5.97 Å². The summed E-state index contributed by atoms with van der Waals surface area (Å²) in [6.07, 6.45) is 4.33. The lowest BCUT2D eigenvalue weighted by molar-refractivity contribution is -0.164. The van der Waals surface area contributed by atoms with Crippen LogP contribution < -0.4 is 0 Å². The molecule has 1 rings (SSSR count). The first-order valence-electron chi connectivity index (χ1n) is 8.88. The van der Waals surface area contributed by atoms with E-state index in [9.17, 15) is 19.5 Å². The fourth-order valence-electron chi connectivity index (χ4n) is 3.04. The van der Waals surface area contributed by atoms with Crippen LogP contribution in [0.1, 0.15) is 54.4 Å². The van der Waals surface area contributed by atoms with Gasteiger partial charge in [-0.3, -0.25) is 14.4 Å². The summed E-state index contributed by atoms with van der Waals surface area (Å²) in [6, 6.07) is 0. The van der Waals surface area contributed by atoms with Crippen molar-refractivity contribution in [3.05, 3.63) is 23.8 Å². The van der Waals surface area contributed by atoms with E-state index in [1.165, 1.54) is 19.1 Å². The van der Waals surface area contributed by atoms with Gasteiger partial charge in [-0.05, 0) is 44.4 Å². The molecule has 0 aromatic rings. The number of carbonyl (C=O) groups is 3. The van der Waals surface area contributed by atoms with Gasteiger partial charge in [0.05, 0.1) is 5.92 Å². The summed E-state index contributed by atoms with van der Waals surface area (Å²) in [5.74, 6) is -2.00. The van der Waals surface area contributed by atoms with Gasteiger partial charge in [-0.25, -0.2) is 0 Å². The third-order valence-corrected chi connectivity index (χ3v) is 4.76. The van der Waals surface area contributed by atoms with Gasteiger partial charge in [0, 0.05) is 11.8 Å². The molecule has 0 radical (unpaired) electrons. The van der Waals surface area contributed by atoms with Crippen LogP contribution in [0.4, 0.5) is 0 Å². The number of hydrogen-bond acceptors (Lipinski definition) is 5. The lowest BCUT2D eigenvalue weighted by Crippen LogP contribution is -2.41. The number of carbonyl (C=O) groups excluding carboxylic acids is 3. The fourth-order valence-corrected chi connectivity index (χ4v) is 3.04. The maximum absolute atomic E-state index is 12.5. The number of hydrogen-bond donors (Lipinski definition) is 1. The first-order chi connectivity index (χ1) is 11.5. The van der Waals surface area contributed by atoms with Gasteiger partial charge in [0.25, 0.3) is 0 Å². The van der Waals surface area contributed by atoms with Crippen LogP contribution in [0, 0.1) is 17.8 Å². The molecular formula is C20H30O5. The van der Waals surface area contributed by atoms with Gasteiger partial charge in [0.2, 0.25) is 0 Å². The highest BCUT2D eigenvalue weighted by atomic mass is 16.6. The lowest BCUT2D eigenvalue weighted by Gasteiger charge is -2.30. The largest absolute Gasteiger partial charge is 0.459 e. The minimum Gasteiger partial charge on any atom is -0.459 e. The molecule has 0 fully saturated rings. The summed E-state index contributed by atoms with van der Waals surface area (Å²) in [7, 11) is 0. The molecule has 0 bridgehead atoms. The average Bonchev–Trinajstić information content (AvgIpc) is 2.55. The molecule has 0 aromatic heterocycles. The van der Waals surface area contributed by atoms with E-state index in [0.29, 0.717) is 18.4 Å². The summed E-state index contributed by atoms with van der Waals surface area (Å²) >= 11 is 0. The van der Waals surface area contributed by atoms with Crippen molar-refractivity contribution >= 4 is 17.5 Å². The van der Waals surface area contributed by atoms with Crippen LogP contribution in [0.15, 0.2) is 23.8 Å². The minimum absolute atomic E-state index is 0.0700. The summed E-state index contributed by atoms with van der Waals surface area (Å²) in [6.45, 7) is 10.2. The Hall–Kier alpha value is -1.75. The minimum atomic E-state index is -1.44. The highest BCUT2D eigenvalue weighted by molar-refractivity contribution is 5.99. The zero-order chi connectivity index (χ0) is 19.4. The zero-order valence-electron chi connectivity index (χ0n) is 16.0. The summed E-state index contributed by atoms with van der Waals surface area (Å²) < 4.78 is 5.47. The van der Waals surface area contributed by atoms with Gasteiger partial charge < -0.3 is 9.84 Å². The molecule has 5 nitrogen and oxygen atoms in total. The molecule has 1 N–H and O–H groups in total. The maximum atomic E-state index is 12.5. The fraction of sp³-hybridized carbons (Fsp3) is 0.650. The molecule has 0 spiro atoms. The molecule has 0 saturated carbocycles. The van der Waals surface area contributed by atoms with Crippen molar-refractivity contribution < 1.29 is 24.2 Å². The van der Waals surface area contributed by atoms with Crippen LogP contribution in [0.25, 0.3) is 0 Å². The van der Waals surface area contributed by atoms with Gasteiger partial charge in [0.15, 0.2) is 11.6 Å².